The van der Waals surface area contributed by atoms with Gasteiger partial charge < -0.3 is 10.0 Å². The van der Waals surface area contributed by atoms with Crippen LogP contribution in [0.3, 0.4) is 0 Å². The van der Waals surface area contributed by atoms with Gasteiger partial charge in [0.05, 0.1) is 0 Å². The van der Waals surface area contributed by atoms with Crippen LogP contribution in [0, 0.1) is 0 Å². The van der Waals surface area contributed by atoms with Crippen molar-refractivity contribution in [2.24, 2.45) is 0 Å². The van der Waals surface area contributed by atoms with Gasteiger partial charge in [-0.3, -0.25) is 4.79 Å². The van der Waals surface area contributed by atoms with Crippen LogP contribution in [-0.4, -0.2) is 47.1 Å². The van der Waals surface area contributed by atoms with E-state index in [0.29, 0.717) is 6.42 Å². The van der Waals surface area contributed by atoms with E-state index < -0.39 is 5.97 Å². The Bertz CT molecular complexity index is 181. The summed E-state index contributed by atoms with van der Waals surface area (Å²) in [7, 11) is 0. The van der Waals surface area contributed by atoms with Crippen LogP contribution in [0.1, 0.15) is 32.1 Å². The van der Waals surface area contributed by atoms with Crippen LogP contribution in [0.25, 0.3) is 0 Å². The summed E-state index contributed by atoms with van der Waals surface area (Å²) < 4.78 is 0. The number of carbonyl (C=O) groups is 1. The second-order valence-corrected chi connectivity index (χ2v) is 5.24. The van der Waals surface area contributed by atoms with Gasteiger partial charge in [-0.25, -0.2) is 0 Å². The highest BCUT2D eigenvalue weighted by molar-refractivity contribution is 7.99. The van der Waals surface area contributed by atoms with Crippen LogP contribution in [0.4, 0.5) is 0 Å². The van der Waals surface area contributed by atoms with Crippen molar-refractivity contribution in [2.45, 2.75) is 32.1 Å². The fourth-order valence-electron chi connectivity index (χ4n) is 1.78. The molecule has 0 bridgehead atoms. The van der Waals surface area contributed by atoms with Crippen LogP contribution in [0.2, 0.25) is 0 Å². The first kappa shape index (κ1) is 12.8. The minimum atomic E-state index is -0.669. The summed E-state index contributed by atoms with van der Waals surface area (Å²) in [6.45, 7) is 3.77. The minimum Gasteiger partial charge on any atom is -0.481 e. The van der Waals surface area contributed by atoms with E-state index in [1.165, 1.54) is 38.2 Å². The molecular weight excluding hydrogens is 210 g/mol. The first-order valence-electron chi connectivity index (χ1n) is 5.81. The first-order valence-corrected chi connectivity index (χ1v) is 6.96. The standard InChI is InChI=1S/C11H21NO2S/c13-11(14)5-1-4-9-15-10-8-12-6-2-3-7-12/h1-10H2,(H,13,14). The van der Waals surface area contributed by atoms with E-state index in [1.54, 1.807) is 0 Å². The molecule has 1 aliphatic heterocycles. The van der Waals surface area contributed by atoms with Gasteiger partial charge in [-0.1, -0.05) is 0 Å². The summed E-state index contributed by atoms with van der Waals surface area (Å²) in [5.41, 5.74) is 0. The third-order valence-electron chi connectivity index (χ3n) is 2.68. The molecule has 1 rings (SSSR count). The van der Waals surface area contributed by atoms with Gasteiger partial charge in [0.1, 0.15) is 0 Å². The number of nitrogens with zero attached hydrogens (tertiary/aromatic N) is 1. The van der Waals surface area contributed by atoms with E-state index in [9.17, 15) is 4.79 Å². The molecule has 0 aromatic carbocycles. The van der Waals surface area contributed by atoms with Crippen molar-refractivity contribution in [2.75, 3.05) is 31.1 Å². The molecule has 0 unspecified atom stereocenters. The number of unbranched alkanes of at least 4 members (excludes halogenated alkanes) is 1. The van der Waals surface area contributed by atoms with Gasteiger partial charge in [-0.15, -0.1) is 0 Å². The quantitative estimate of drug-likeness (QED) is 0.649. The maximum absolute atomic E-state index is 10.2. The van der Waals surface area contributed by atoms with Crippen LogP contribution in [0.15, 0.2) is 0 Å². The fourth-order valence-corrected chi connectivity index (χ4v) is 2.78. The Kier molecular flexibility index (Phi) is 6.85. The highest BCUT2D eigenvalue weighted by Crippen LogP contribution is 2.10. The lowest BCUT2D eigenvalue weighted by atomic mass is 10.3. The van der Waals surface area contributed by atoms with Crippen molar-refractivity contribution >= 4 is 17.7 Å². The van der Waals surface area contributed by atoms with Gasteiger partial charge in [0.15, 0.2) is 0 Å². The number of carboxylic acid groups (broad SMARTS) is 1. The van der Waals surface area contributed by atoms with Crippen molar-refractivity contribution in [3.8, 4) is 0 Å². The summed E-state index contributed by atoms with van der Waals surface area (Å²) in [6.07, 6.45) is 4.92. The van der Waals surface area contributed by atoms with E-state index >= 15 is 0 Å². The topological polar surface area (TPSA) is 40.5 Å². The Morgan fingerprint density at radius 1 is 1.20 bits per heavy atom. The van der Waals surface area contributed by atoms with Crippen molar-refractivity contribution in [1.82, 2.24) is 4.90 Å². The van der Waals surface area contributed by atoms with E-state index in [2.05, 4.69) is 4.90 Å². The van der Waals surface area contributed by atoms with E-state index in [0.717, 1.165) is 18.6 Å². The lowest BCUT2D eigenvalue weighted by Gasteiger charge is -2.13. The number of hydrogen-bond acceptors (Lipinski definition) is 3. The van der Waals surface area contributed by atoms with Gasteiger partial charge in [0.2, 0.25) is 0 Å². The summed E-state index contributed by atoms with van der Waals surface area (Å²) in [5, 5.41) is 8.45. The highest BCUT2D eigenvalue weighted by Gasteiger charge is 2.09. The lowest BCUT2D eigenvalue weighted by Crippen LogP contribution is -2.21. The Hall–Kier alpha value is -0.220. The predicted octanol–water partition coefficient (Wildman–Crippen LogP) is 2.07. The van der Waals surface area contributed by atoms with Crippen molar-refractivity contribution in [3.05, 3.63) is 0 Å². The molecule has 0 spiro atoms. The van der Waals surface area contributed by atoms with Crippen LogP contribution < -0.4 is 0 Å². The number of carboxylic acids is 1. The molecule has 1 heterocycles. The second kappa shape index (κ2) is 7.99. The molecule has 15 heavy (non-hydrogen) atoms. The molecule has 0 saturated carbocycles. The highest BCUT2D eigenvalue weighted by atomic mass is 32.2. The molecule has 0 atom stereocenters. The van der Waals surface area contributed by atoms with Crippen molar-refractivity contribution in [3.63, 3.8) is 0 Å². The van der Waals surface area contributed by atoms with Gasteiger partial charge >= 0.3 is 5.97 Å². The van der Waals surface area contributed by atoms with E-state index in [4.69, 9.17) is 5.11 Å². The minimum absolute atomic E-state index is 0.326. The maximum Gasteiger partial charge on any atom is 0.303 e. The maximum atomic E-state index is 10.2. The SMILES string of the molecule is O=C(O)CCCCSCCN1CCCC1. The number of rotatable bonds is 8. The summed E-state index contributed by atoms with van der Waals surface area (Å²) in [5.74, 6) is 1.64. The Labute approximate surface area is 96.2 Å². The van der Waals surface area contributed by atoms with Crippen molar-refractivity contribution in [1.29, 1.82) is 0 Å². The summed E-state index contributed by atoms with van der Waals surface area (Å²) >= 11 is 1.96. The largest absolute Gasteiger partial charge is 0.481 e. The molecule has 0 aliphatic carbocycles. The summed E-state index contributed by atoms with van der Waals surface area (Å²) in [4.78, 5) is 12.8. The number of likely N-dealkylation sites (tertiary alicyclic amines) is 1. The van der Waals surface area contributed by atoms with Crippen molar-refractivity contribution < 1.29 is 9.90 Å². The molecule has 0 radical (unpaired) electrons. The molecule has 88 valence electrons. The fraction of sp³-hybridized carbons (Fsp3) is 0.909. The molecular formula is C11H21NO2S. The Morgan fingerprint density at radius 2 is 1.93 bits per heavy atom. The average Bonchev–Trinajstić information content (AvgIpc) is 2.68. The third-order valence-corrected chi connectivity index (χ3v) is 3.73. The predicted molar refractivity (Wildman–Crippen MR) is 64.5 cm³/mol. The Morgan fingerprint density at radius 3 is 2.60 bits per heavy atom. The molecule has 3 nitrogen and oxygen atoms in total. The molecule has 1 fully saturated rings. The Balaban J connectivity index is 1.78. The zero-order valence-corrected chi connectivity index (χ0v) is 10.1. The van der Waals surface area contributed by atoms with E-state index in [-0.39, 0.29) is 0 Å². The number of thioether (sulfide) groups is 1. The van der Waals surface area contributed by atoms with Crippen LogP contribution >= 0.6 is 11.8 Å². The van der Waals surface area contributed by atoms with Gasteiger partial charge in [0.25, 0.3) is 0 Å². The lowest BCUT2D eigenvalue weighted by molar-refractivity contribution is -0.137. The average molecular weight is 231 g/mol. The van der Waals surface area contributed by atoms with Gasteiger partial charge in [-0.2, -0.15) is 11.8 Å². The molecule has 0 aromatic heterocycles. The van der Waals surface area contributed by atoms with Gasteiger partial charge in [-0.05, 0) is 44.5 Å². The zero-order valence-electron chi connectivity index (χ0n) is 9.28. The monoisotopic (exact) mass is 231 g/mol. The van der Waals surface area contributed by atoms with E-state index in [1.807, 2.05) is 11.8 Å². The van der Waals surface area contributed by atoms with Gasteiger partial charge in [0, 0.05) is 18.7 Å². The first-order chi connectivity index (χ1) is 7.29. The molecule has 4 heteroatoms. The van der Waals surface area contributed by atoms with Crippen LogP contribution in [0.5, 0.6) is 0 Å². The normalized spacial score (nSPS) is 17.1. The molecule has 1 saturated heterocycles. The molecule has 1 N–H and O–H groups in total. The second-order valence-electron chi connectivity index (χ2n) is 4.01. The molecule has 1 aliphatic rings. The molecule has 0 aromatic rings. The number of aliphatic carboxylic acids is 1. The molecule has 0 amide bonds. The summed E-state index contributed by atoms with van der Waals surface area (Å²) in [6, 6.07) is 0. The smallest absolute Gasteiger partial charge is 0.303 e. The van der Waals surface area contributed by atoms with Crippen LogP contribution in [-0.2, 0) is 4.79 Å². The zero-order chi connectivity index (χ0) is 10.9. The third kappa shape index (κ3) is 6.79. The number of hydrogen-bond donors (Lipinski definition) is 1.